The number of aromatic nitrogens is 3. The van der Waals surface area contributed by atoms with Crippen molar-refractivity contribution in [3.8, 4) is 0 Å². The number of hydrogen-bond donors (Lipinski definition) is 2. The predicted octanol–water partition coefficient (Wildman–Crippen LogP) is -1.18. The molecule has 19 heavy (non-hydrogen) atoms. The second-order valence-corrected chi connectivity index (χ2v) is 6.54. The third-order valence-corrected chi connectivity index (χ3v) is 4.89. The molecule has 8 nitrogen and oxygen atoms in total. The summed E-state index contributed by atoms with van der Waals surface area (Å²) in [5.74, 6) is 0.830. The normalized spacial score (nSPS) is 21.7. The van der Waals surface area contributed by atoms with Crippen LogP contribution in [0.25, 0.3) is 0 Å². The van der Waals surface area contributed by atoms with Crippen molar-refractivity contribution in [3.05, 3.63) is 12.2 Å². The van der Waals surface area contributed by atoms with E-state index < -0.39 is 10.2 Å². The summed E-state index contributed by atoms with van der Waals surface area (Å²) >= 11 is 0. The Labute approximate surface area is 113 Å². The molecule has 1 aliphatic rings. The first kappa shape index (κ1) is 14.4. The molecule has 2 rings (SSSR count). The maximum Gasteiger partial charge on any atom is 0.279 e. The Hall–Kier alpha value is -1.03. The first-order valence-electron chi connectivity index (χ1n) is 6.30. The molecule has 0 bridgehead atoms. The number of aryl methyl sites for hydroxylation is 1. The Bertz CT molecular complexity index is 514. The first-order valence-corrected chi connectivity index (χ1v) is 7.74. The third kappa shape index (κ3) is 3.50. The SMILES string of the molecule is Cn1cnnc1CNS(=O)(=O)N1CCCC(CN)C1. The maximum absolute atomic E-state index is 12.2. The molecular weight excluding hydrogens is 268 g/mol. The Morgan fingerprint density at radius 1 is 1.58 bits per heavy atom. The fourth-order valence-corrected chi connectivity index (χ4v) is 3.42. The molecule has 0 saturated carbocycles. The topological polar surface area (TPSA) is 106 Å². The molecule has 0 aromatic carbocycles. The van der Waals surface area contributed by atoms with Crippen LogP contribution in [0.15, 0.2) is 6.33 Å². The van der Waals surface area contributed by atoms with Crippen molar-refractivity contribution in [3.63, 3.8) is 0 Å². The van der Waals surface area contributed by atoms with Crippen LogP contribution in [0.3, 0.4) is 0 Å². The Morgan fingerprint density at radius 3 is 3.00 bits per heavy atom. The van der Waals surface area contributed by atoms with Gasteiger partial charge < -0.3 is 10.3 Å². The highest BCUT2D eigenvalue weighted by Gasteiger charge is 2.28. The smallest absolute Gasteiger partial charge is 0.279 e. The molecule has 0 radical (unpaired) electrons. The summed E-state index contributed by atoms with van der Waals surface area (Å²) in [7, 11) is -1.70. The minimum Gasteiger partial charge on any atom is -0.330 e. The molecule has 1 atom stereocenters. The second kappa shape index (κ2) is 5.95. The van der Waals surface area contributed by atoms with Gasteiger partial charge in [-0.05, 0) is 25.3 Å². The van der Waals surface area contributed by atoms with E-state index in [2.05, 4.69) is 14.9 Å². The number of nitrogens with one attached hydrogen (secondary N) is 1. The van der Waals surface area contributed by atoms with Gasteiger partial charge in [0, 0.05) is 20.1 Å². The number of hydrogen-bond acceptors (Lipinski definition) is 5. The minimum absolute atomic E-state index is 0.141. The van der Waals surface area contributed by atoms with Gasteiger partial charge in [-0.3, -0.25) is 0 Å². The molecule has 108 valence electrons. The fraction of sp³-hybridized carbons (Fsp3) is 0.800. The molecule has 1 saturated heterocycles. The van der Waals surface area contributed by atoms with Crippen LogP contribution in [0.1, 0.15) is 18.7 Å². The van der Waals surface area contributed by atoms with Crippen LogP contribution in [0, 0.1) is 5.92 Å². The summed E-state index contributed by atoms with van der Waals surface area (Å²) in [6.45, 7) is 1.70. The Morgan fingerprint density at radius 2 is 2.37 bits per heavy atom. The second-order valence-electron chi connectivity index (χ2n) is 4.79. The van der Waals surface area contributed by atoms with Crippen LogP contribution in [0.2, 0.25) is 0 Å². The summed E-state index contributed by atoms with van der Waals surface area (Å²) < 4.78 is 30.0. The summed E-state index contributed by atoms with van der Waals surface area (Å²) in [6, 6.07) is 0. The van der Waals surface area contributed by atoms with Crippen LogP contribution >= 0.6 is 0 Å². The fourth-order valence-electron chi connectivity index (χ4n) is 2.15. The van der Waals surface area contributed by atoms with Gasteiger partial charge in [-0.15, -0.1) is 10.2 Å². The zero-order valence-electron chi connectivity index (χ0n) is 11.0. The van der Waals surface area contributed by atoms with Gasteiger partial charge in [-0.25, -0.2) is 0 Å². The zero-order valence-corrected chi connectivity index (χ0v) is 11.8. The average Bonchev–Trinajstić information content (AvgIpc) is 2.82. The molecule has 1 fully saturated rings. The van der Waals surface area contributed by atoms with Gasteiger partial charge in [0.25, 0.3) is 10.2 Å². The molecular formula is C10H20N6O2S. The van der Waals surface area contributed by atoms with E-state index in [1.165, 1.54) is 10.6 Å². The van der Waals surface area contributed by atoms with E-state index >= 15 is 0 Å². The Kier molecular flexibility index (Phi) is 4.50. The summed E-state index contributed by atoms with van der Waals surface area (Å²) in [4.78, 5) is 0. The third-order valence-electron chi connectivity index (χ3n) is 3.37. The zero-order chi connectivity index (χ0) is 13.9. The van der Waals surface area contributed by atoms with Crippen LogP contribution in [0.5, 0.6) is 0 Å². The van der Waals surface area contributed by atoms with E-state index in [1.54, 1.807) is 11.6 Å². The summed E-state index contributed by atoms with van der Waals surface area (Å²) in [6.07, 6.45) is 3.38. The minimum atomic E-state index is -3.47. The van der Waals surface area contributed by atoms with Crippen molar-refractivity contribution in [2.24, 2.45) is 18.7 Å². The lowest BCUT2D eigenvalue weighted by Crippen LogP contribution is -2.47. The standard InChI is InChI=1S/C10H20N6O2S/c1-15-8-12-14-10(15)6-13-19(17,18)16-4-2-3-9(5-11)7-16/h8-9,13H,2-7,11H2,1H3. The molecule has 0 amide bonds. The van der Waals surface area contributed by atoms with Crippen LogP contribution < -0.4 is 10.5 Å². The van der Waals surface area contributed by atoms with Gasteiger partial charge in [-0.2, -0.15) is 17.4 Å². The van der Waals surface area contributed by atoms with Gasteiger partial charge in [0.2, 0.25) is 0 Å². The maximum atomic E-state index is 12.2. The predicted molar refractivity (Wildman–Crippen MR) is 70.1 cm³/mol. The number of nitrogens with two attached hydrogens (primary N) is 1. The molecule has 0 spiro atoms. The Balaban J connectivity index is 1.96. The molecule has 1 aromatic heterocycles. The number of rotatable bonds is 5. The molecule has 1 aliphatic heterocycles. The van der Waals surface area contributed by atoms with Gasteiger partial charge in [0.15, 0.2) is 0 Å². The van der Waals surface area contributed by atoms with Crippen molar-refractivity contribution in [2.75, 3.05) is 19.6 Å². The van der Waals surface area contributed by atoms with Crippen molar-refractivity contribution in [1.29, 1.82) is 0 Å². The highest BCUT2D eigenvalue weighted by molar-refractivity contribution is 7.87. The first-order chi connectivity index (χ1) is 9.03. The van der Waals surface area contributed by atoms with E-state index in [0.29, 0.717) is 25.5 Å². The van der Waals surface area contributed by atoms with Crippen molar-refractivity contribution >= 4 is 10.2 Å². The highest BCUT2D eigenvalue weighted by atomic mass is 32.2. The van der Waals surface area contributed by atoms with E-state index in [1.807, 2.05) is 0 Å². The van der Waals surface area contributed by atoms with Crippen molar-refractivity contribution in [2.45, 2.75) is 19.4 Å². The average molecular weight is 288 g/mol. The van der Waals surface area contributed by atoms with Crippen molar-refractivity contribution in [1.82, 2.24) is 23.8 Å². The van der Waals surface area contributed by atoms with E-state index in [9.17, 15) is 8.42 Å². The number of piperidine rings is 1. The van der Waals surface area contributed by atoms with Crippen molar-refractivity contribution < 1.29 is 8.42 Å². The van der Waals surface area contributed by atoms with E-state index in [4.69, 9.17) is 5.73 Å². The van der Waals surface area contributed by atoms with E-state index in [-0.39, 0.29) is 12.5 Å². The molecule has 1 aromatic rings. The summed E-state index contributed by atoms with van der Waals surface area (Å²) in [5.41, 5.74) is 5.62. The van der Waals surface area contributed by atoms with Gasteiger partial charge in [0.1, 0.15) is 12.2 Å². The lowest BCUT2D eigenvalue weighted by atomic mass is 10.0. The lowest BCUT2D eigenvalue weighted by molar-refractivity contribution is 0.268. The molecule has 1 unspecified atom stereocenters. The molecule has 2 heterocycles. The monoisotopic (exact) mass is 288 g/mol. The number of nitrogens with zero attached hydrogens (tertiary/aromatic N) is 4. The summed E-state index contributed by atoms with van der Waals surface area (Å²) in [5, 5.41) is 7.55. The van der Waals surface area contributed by atoms with E-state index in [0.717, 1.165) is 12.8 Å². The largest absolute Gasteiger partial charge is 0.330 e. The molecule has 3 N–H and O–H groups in total. The lowest BCUT2D eigenvalue weighted by Gasteiger charge is -2.31. The molecule has 9 heteroatoms. The van der Waals surface area contributed by atoms with Gasteiger partial charge in [0.05, 0.1) is 6.54 Å². The van der Waals surface area contributed by atoms with Gasteiger partial charge in [-0.1, -0.05) is 0 Å². The van der Waals surface area contributed by atoms with Crippen LogP contribution in [0.4, 0.5) is 0 Å². The highest BCUT2D eigenvalue weighted by Crippen LogP contribution is 2.17. The molecule has 0 aliphatic carbocycles. The quantitative estimate of drug-likeness (QED) is 0.709. The van der Waals surface area contributed by atoms with Gasteiger partial charge >= 0.3 is 0 Å². The van der Waals surface area contributed by atoms with Crippen LogP contribution in [-0.4, -0.2) is 47.1 Å². The van der Waals surface area contributed by atoms with Crippen LogP contribution in [-0.2, 0) is 23.8 Å².